The summed E-state index contributed by atoms with van der Waals surface area (Å²) in [7, 11) is -3.13. The largest absolute Gasteiger partial charge is 0.352 e. The molecule has 4 fully saturated rings. The van der Waals surface area contributed by atoms with E-state index in [1.807, 2.05) is 30.3 Å². The van der Waals surface area contributed by atoms with E-state index in [0.717, 1.165) is 24.8 Å². The van der Waals surface area contributed by atoms with Gasteiger partial charge in [-0.2, -0.15) is 5.06 Å². The Bertz CT molecular complexity index is 971. The smallest absolute Gasteiger partial charge is 0.345 e. The number of urea groups is 1. The van der Waals surface area contributed by atoms with Crippen LogP contribution in [-0.4, -0.2) is 78.6 Å². The van der Waals surface area contributed by atoms with Gasteiger partial charge in [-0.3, -0.25) is 9.63 Å². The van der Waals surface area contributed by atoms with E-state index in [4.69, 9.17) is 4.84 Å². The molecule has 3 saturated heterocycles. The highest BCUT2D eigenvalue weighted by Crippen LogP contribution is 2.49. The molecule has 2 atom stereocenters. The van der Waals surface area contributed by atoms with Crippen molar-refractivity contribution in [3.63, 3.8) is 0 Å². The highest BCUT2D eigenvalue weighted by atomic mass is 32.2. The molecule has 9 nitrogen and oxygen atoms in total. The van der Waals surface area contributed by atoms with Gasteiger partial charge in [0.2, 0.25) is 15.9 Å². The highest BCUT2D eigenvalue weighted by Gasteiger charge is 2.55. The van der Waals surface area contributed by atoms with Gasteiger partial charge >= 0.3 is 6.03 Å². The normalized spacial score (nSPS) is 27.8. The summed E-state index contributed by atoms with van der Waals surface area (Å²) in [4.78, 5) is 33.2. The van der Waals surface area contributed by atoms with Crippen molar-refractivity contribution in [3.8, 4) is 0 Å². The van der Waals surface area contributed by atoms with Crippen LogP contribution in [0.2, 0.25) is 0 Å². The van der Waals surface area contributed by atoms with Gasteiger partial charge in [0.25, 0.3) is 0 Å². The molecular weight excluding hydrogens is 420 g/mol. The number of fused-ring (bicyclic) bond motifs is 2. The number of hydrogen-bond donors (Lipinski definition) is 1. The molecular formula is C21H28N4O5S. The van der Waals surface area contributed by atoms with E-state index in [0.29, 0.717) is 32.7 Å². The number of piperidine rings is 1. The Labute approximate surface area is 182 Å². The minimum Gasteiger partial charge on any atom is -0.352 e. The van der Waals surface area contributed by atoms with Crippen LogP contribution in [0, 0.1) is 5.41 Å². The fraction of sp³-hybridized carbons (Fsp3) is 0.619. The molecule has 3 aliphatic heterocycles. The van der Waals surface area contributed by atoms with Crippen LogP contribution >= 0.6 is 0 Å². The number of carbonyl (C=O) groups excluding carboxylic acids is 2. The summed E-state index contributed by atoms with van der Waals surface area (Å²) in [5, 5.41) is 4.52. The Hall–Kier alpha value is -2.17. The maximum Gasteiger partial charge on any atom is 0.345 e. The number of rotatable bonds is 6. The molecule has 1 saturated carbocycles. The number of benzene rings is 1. The van der Waals surface area contributed by atoms with E-state index < -0.39 is 16.1 Å². The second-order valence-electron chi connectivity index (χ2n) is 9.41. The Morgan fingerprint density at radius 3 is 2.58 bits per heavy atom. The van der Waals surface area contributed by atoms with Crippen LogP contribution in [0.1, 0.15) is 31.2 Å². The number of amides is 3. The SMILES string of the molecule is CS(=O)(=O)N1CC2(CC(NC(=O)[C@@H]3CC[C@@H]4CN3C(=O)N4OCc3ccccc3)C2)C1. The second kappa shape index (κ2) is 7.46. The summed E-state index contributed by atoms with van der Waals surface area (Å²) in [6, 6.07) is 9.00. The van der Waals surface area contributed by atoms with E-state index in [-0.39, 0.29) is 29.4 Å². The van der Waals surface area contributed by atoms with Gasteiger partial charge in [0, 0.05) is 31.1 Å². The van der Waals surface area contributed by atoms with Crippen molar-refractivity contribution < 1.29 is 22.8 Å². The third-order valence-corrected chi connectivity index (χ3v) is 8.23. The van der Waals surface area contributed by atoms with E-state index in [1.165, 1.54) is 15.6 Å². The monoisotopic (exact) mass is 448 g/mol. The van der Waals surface area contributed by atoms with Crippen molar-refractivity contribution in [2.45, 2.75) is 50.4 Å². The third kappa shape index (κ3) is 3.81. The molecule has 0 unspecified atom stereocenters. The standard InChI is InChI=1S/C21H28N4O5S/c1-31(28,29)23-13-21(14-23)9-16(10-21)22-19(26)18-8-7-17-11-24(18)20(27)25(17)30-12-15-5-3-2-4-6-15/h2-6,16-18H,7-14H2,1H3,(H,22,26)/t17-,18+/m1/s1. The number of nitrogens with zero attached hydrogens (tertiary/aromatic N) is 3. The zero-order valence-electron chi connectivity index (χ0n) is 17.6. The summed E-state index contributed by atoms with van der Waals surface area (Å²) in [5.74, 6) is -0.115. The molecule has 10 heteroatoms. The van der Waals surface area contributed by atoms with Gasteiger partial charge in [-0.25, -0.2) is 17.5 Å². The highest BCUT2D eigenvalue weighted by molar-refractivity contribution is 7.88. The zero-order chi connectivity index (χ0) is 21.8. The zero-order valence-corrected chi connectivity index (χ0v) is 18.4. The van der Waals surface area contributed by atoms with Gasteiger partial charge in [-0.1, -0.05) is 30.3 Å². The lowest BCUT2D eigenvalue weighted by Gasteiger charge is -2.58. The van der Waals surface area contributed by atoms with Crippen molar-refractivity contribution >= 4 is 22.0 Å². The van der Waals surface area contributed by atoms with Crippen LogP contribution in [-0.2, 0) is 26.3 Å². The molecule has 2 bridgehead atoms. The number of carbonyl (C=O) groups is 2. The molecule has 4 aliphatic rings. The van der Waals surface area contributed by atoms with Crippen LogP contribution < -0.4 is 5.32 Å². The third-order valence-electron chi connectivity index (χ3n) is 7.04. The number of hydroxylamine groups is 2. The van der Waals surface area contributed by atoms with Gasteiger partial charge in [-0.15, -0.1) is 0 Å². The Morgan fingerprint density at radius 1 is 1.19 bits per heavy atom. The molecule has 1 spiro atoms. The van der Waals surface area contributed by atoms with Crippen LogP contribution in [0.15, 0.2) is 30.3 Å². The molecule has 1 N–H and O–H groups in total. The van der Waals surface area contributed by atoms with E-state index in [1.54, 1.807) is 4.90 Å². The lowest BCUT2D eigenvalue weighted by atomic mass is 9.61. The van der Waals surface area contributed by atoms with Crippen molar-refractivity contribution in [1.29, 1.82) is 0 Å². The van der Waals surface area contributed by atoms with E-state index in [2.05, 4.69) is 5.32 Å². The van der Waals surface area contributed by atoms with Crippen LogP contribution in [0.3, 0.4) is 0 Å². The summed E-state index contributed by atoms with van der Waals surface area (Å²) in [6.07, 6.45) is 4.16. The molecule has 1 aromatic carbocycles. The fourth-order valence-electron chi connectivity index (χ4n) is 5.37. The molecule has 5 rings (SSSR count). The van der Waals surface area contributed by atoms with Crippen LogP contribution in [0.5, 0.6) is 0 Å². The second-order valence-corrected chi connectivity index (χ2v) is 11.4. The number of nitrogens with one attached hydrogen (secondary N) is 1. The summed E-state index contributed by atoms with van der Waals surface area (Å²) >= 11 is 0. The lowest BCUT2D eigenvalue weighted by molar-refractivity contribution is -0.140. The number of hydrogen-bond acceptors (Lipinski definition) is 5. The lowest BCUT2D eigenvalue weighted by Crippen LogP contribution is -2.68. The quantitative estimate of drug-likeness (QED) is 0.698. The van der Waals surface area contributed by atoms with E-state index >= 15 is 0 Å². The summed E-state index contributed by atoms with van der Waals surface area (Å²) in [6.45, 7) is 1.91. The molecule has 3 amide bonds. The van der Waals surface area contributed by atoms with Crippen molar-refractivity contribution in [2.75, 3.05) is 25.9 Å². The first kappa shape index (κ1) is 20.7. The molecule has 31 heavy (non-hydrogen) atoms. The van der Waals surface area contributed by atoms with Crippen molar-refractivity contribution in [1.82, 2.24) is 19.6 Å². The average molecular weight is 449 g/mol. The molecule has 3 heterocycles. The molecule has 1 aromatic rings. The molecule has 168 valence electrons. The Kier molecular flexibility index (Phi) is 4.98. The first-order valence-electron chi connectivity index (χ1n) is 10.8. The van der Waals surface area contributed by atoms with Crippen molar-refractivity contribution in [2.24, 2.45) is 5.41 Å². The first-order chi connectivity index (χ1) is 14.7. The predicted molar refractivity (Wildman–Crippen MR) is 112 cm³/mol. The maximum atomic E-state index is 12.9. The van der Waals surface area contributed by atoms with Gasteiger partial charge in [-0.05, 0) is 31.2 Å². The van der Waals surface area contributed by atoms with Crippen molar-refractivity contribution in [3.05, 3.63) is 35.9 Å². The predicted octanol–water partition coefficient (Wildman–Crippen LogP) is 0.927. The summed E-state index contributed by atoms with van der Waals surface area (Å²) < 4.78 is 24.6. The van der Waals surface area contributed by atoms with Gasteiger partial charge < -0.3 is 10.2 Å². The van der Waals surface area contributed by atoms with Gasteiger partial charge in [0.05, 0.1) is 12.3 Å². The summed E-state index contributed by atoms with van der Waals surface area (Å²) in [5.41, 5.74) is 1.01. The molecule has 0 aromatic heterocycles. The van der Waals surface area contributed by atoms with Gasteiger partial charge in [0.15, 0.2) is 0 Å². The Balaban J connectivity index is 1.12. The Morgan fingerprint density at radius 2 is 1.90 bits per heavy atom. The minimum absolute atomic E-state index is 0.0181. The number of sulfonamides is 1. The van der Waals surface area contributed by atoms with Gasteiger partial charge in [0.1, 0.15) is 12.6 Å². The minimum atomic E-state index is -3.13. The maximum absolute atomic E-state index is 12.9. The molecule has 0 radical (unpaired) electrons. The average Bonchev–Trinajstić information content (AvgIpc) is 2.91. The van der Waals surface area contributed by atoms with Crippen LogP contribution in [0.25, 0.3) is 0 Å². The van der Waals surface area contributed by atoms with Crippen LogP contribution in [0.4, 0.5) is 4.79 Å². The fourth-order valence-corrected chi connectivity index (χ4v) is 6.39. The first-order valence-corrected chi connectivity index (χ1v) is 12.6. The molecule has 1 aliphatic carbocycles. The topological polar surface area (TPSA) is 99.3 Å². The van der Waals surface area contributed by atoms with E-state index in [9.17, 15) is 18.0 Å².